The van der Waals surface area contributed by atoms with E-state index in [4.69, 9.17) is 28.8 Å². The van der Waals surface area contributed by atoms with Gasteiger partial charge < -0.3 is 8.83 Å². The first-order chi connectivity index (χ1) is 24.7. The van der Waals surface area contributed by atoms with E-state index < -0.39 is 0 Å². The Morgan fingerprint density at radius 1 is 0.380 bits per heavy atom. The minimum Gasteiger partial charge on any atom is -0.456 e. The van der Waals surface area contributed by atoms with Crippen molar-refractivity contribution in [3.8, 4) is 56.7 Å². The molecule has 0 aliphatic carbocycles. The SMILES string of the molecule is c1ccc(-c2nc(-c3ccc4cc5oc6ccc7nc(-c8ccccc8)oc7c6c5cc4c3)nc(-c3ccccc3-c3ccccc3)n2)cc1. The van der Waals surface area contributed by atoms with E-state index in [9.17, 15) is 0 Å². The minimum atomic E-state index is 0.583. The van der Waals surface area contributed by atoms with Crippen LogP contribution in [0.4, 0.5) is 0 Å². The molecule has 3 heterocycles. The molecule has 0 N–H and O–H groups in total. The fourth-order valence-corrected chi connectivity index (χ4v) is 6.72. The van der Waals surface area contributed by atoms with Crippen molar-refractivity contribution in [2.75, 3.05) is 0 Å². The molecule has 0 fully saturated rings. The van der Waals surface area contributed by atoms with Gasteiger partial charge in [-0.1, -0.05) is 115 Å². The van der Waals surface area contributed by atoms with Crippen molar-refractivity contribution >= 4 is 43.8 Å². The molecule has 0 saturated carbocycles. The van der Waals surface area contributed by atoms with Crippen LogP contribution >= 0.6 is 0 Å². The molecule has 0 spiro atoms. The van der Waals surface area contributed by atoms with Crippen molar-refractivity contribution in [1.29, 1.82) is 0 Å². The maximum absolute atomic E-state index is 6.39. The first-order valence-corrected chi connectivity index (χ1v) is 16.5. The molecule has 234 valence electrons. The van der Waals surface area contributed by atoms with E-state index in [0.717, 1.165) is 71.6 Å². The predicted molar refractivity (Wildman–Crippen MR) is 199 cm³/mol. The fraction of sp³-hybridized carbons (Fsp3) is 0. The summed E-state index contributed by atoms with van der Waals surface area (Å²) < 4.78 is 12.7. The van der Waals surface area contributed by atoms with Crippen LogP contribution in [0, 0.1) is 0 Å². The number of hydrogen-bond donors (Lipinski definition) is 0. The zero-order valence-corrected chi connectivity index (χ0v) is 26.6. The highest BCUT2D eigenvalue weighted by Gasteiger charge is 2.19. The second-order valence-corrected chi connectivity index (χ2v) is 12.3. The lowest BCUT2D eigenvalue weighted by Crippen LogP contribution is -2.01. The highest BCUT2D eigenvalue weighted by atomic mass is 16.4. The normalized spacial score (nSPS) is 11.6. The van der Waals surface area contributed by atoms with E-state index >= 15 is 0 Å². The molecule has 0 atom stereocenters. The van der Waals surface area contributed by atoms with Crippen LogP contribution in [0.5, 0.6) is 0 Å². The summed E-state index contributed by atoms with van der Waals surface area (Å²) in [7, 11) is 0. The number of rotatable bonds is 5. The quantitative estimate of drug-likeness (QED) is 0.186. The second kappa shape index (κ2) is 11.4. The molecule has 3 aromatic heterocycles. The van der Waals surface area contributed by atoms with Crippen LogP contribution in [0.2, 0.25) is 0 Å². The first kappa shape index (κ1) is 28.1. The minimum absolute atomic E-state index is 0.583. The zero-order chi connectivity index (χ0) is 33.0. The third kappa shape index (κ3) is 4.73. The monoisotopic (exact) mass is 642 g/mol. The topological polar surface area (TPSA) is 77.8 Å². The number of aromatic nitrogens is 4. The third-order valence-corrected chi connectivity index (χ3v) is 9.15. The predicted octanol–water partition coefficient (Wildman–Crippen LogP) is 11.4. The van der Waals surface area contributed by atoms with Gasteiger partial charge in [0.1, 0.15) is 16.7 Å². The van der Waals surface area contributed by atoms with E-state index in [1.54, 1.807) is 0 Å². The van der Waals surface area contributed by atoms with Crippen molar-refractivity contribution < 1.29 is 8.83 Å². The lowest BCUT2D eigenvalue weighted by atomic mass is 9.99. The molecule has 7 aromatic carbocycles. The summed E-state index contributed by atoms with van der Waals surface area (Å²) in [4.78, 5) is 19.9. The summed E-state index contributed by atoms with van der Waals surface area (Å²) in [5.41, 5.74) is 8.89. The number of fused-ring (bicyclic) bond motifs is 6. The summed E-state index contributed by atoms with van der Waals surface area (Å²) in [6, 6.07) is 53.1. The van der Waals surface area contributed by atoms with Crippen LogP contribution < -0.4 is 0 Å². The highest BCUT2D eigenvalue weighted by molar-refractivity contribution is 6.18. The highest BCUT2D eigenvalue weighted by Crippen LogP contribution is 2.39. The van der Waals surface area contributed by atoms with Crippen LogP contribution in [-0.2, 0) is 0 Å². The molecule has 6 heteroatoms. The summed E-state index contributed by atoms with van der Waals surface area (Å²) >= 11 is 0. The Balaban J connectivity index is 1.15. The Labute approximate surface area is 286 Å². The van der Waals surface area contributed by atoms with Crippen molar-refractivity contribution in [3.05, 3.63) is 158 Å². The first-order valence-electron chi connectivity index (χ1n) is 16.5. The number of furan rings is 1. The van der Waals surface area contributed by atoms with Crippen LogP contribution in [0.1, 0.15) is 0 Å². The van der Waals surface area contributed by atoms with Gasteiger partial charge in [-0.25, -0.2) is 19.9 Å². The Kier molecular flexibility index (Phi) is 6.39. The summed E-state index contributed by atoms with van der Waals surface area (Å²) in [6.45, 7) is 0. The Morgan fingerprint density at radius 2 is 1.02 bits per heavy atom. The number of benzene rings is 7. The maximum atomic E-state index is 6.39. The molecule has 0 bridgehead atoms. The molecule has 0 radical (unpaired) electrons. The Bertz CT molecular complexity index is 2860. The molecule has 10 rings (SSSR count). The second-order valence-electron chi connectivity index (χ2n) is 12.3. The van der Waals surface area contributed by atoms with Gasteiger partial charge in [-0.15, -0.1) is 0 Å². The van der Waals surface area contributed by atoms with Crippen LogP contribution in [0.15, 0.2) is 167 Å². The van der Waals surface area contributed by atoms with Gasteiger partial charge in [0.15, 0.2) is 23.1 Å². The van der Waals surface area contributed by atoms with E-state index in [-0.39, 0.29) is 0 Å². The molecular formula is C44H26N4O2. The van der Waals surface area contributed by atoms with Crippen molar-refractivity contribution in [3.63, 3.8) is 0 Å². The van der Waals surface area contributed by atoms with E-state index in [2.05, 4.69) is 54.6 Å². The van der Waals surface area contributed by atoms with Crippen LogP contribution in [-0.4, -0.2) is 19.9 Å². The molecule has 10 aromatic rings. The van der Waals surface area contributed by atoms with E-state index in [1.807, 2.05) is 103 Å². The molecule has 0 amide bonds. The van der Waals surface area contributed by atoms with Gasteiger partial charge in [-0.05, 0) is 64.4 Å². The van der Waals surface area contributed by atoms with Gasteiger partial charge >= 0.3 is 0 Å². The zero-order valence-electron chi connectivity index (χ0n) is 26.6. The number of hydrogen-bond acceptors (Lipinski definition) is 6. The molecule has 0 unspecified atom stereocenters. The fourth-order valence-electron chi connectivity index (χ4n) is 6.72. The van der Waals surface area contributed by atoms with Crippen LogP contribution in [0.25, 0.3) is 101 Å². The maximum Gasteiger partial charge on any atom is 0.227 e. The van der Waals surface area contributed by atoms with Gasteiger partial charge in [0.2, 0.25) is 5.89 Å². The molecule has 0 aliphatic rings. The smallest absolute Gasteiger partial charge is 0.227 e. The molecule has 6 nitrogen and oxygen atoms in total. The van der Waals surface area contributed by atoms with Crippen molar-refractivity contribution in [2.24, 2.45) is 0 Å². The summed E-state index contributed by atoms with van der Waals surface area (Å²) in [5, 5.41) is 3.95. The Morgan fingerprint density at radius 3 is 1.78 bits per heavy atom. The van der Waals surface area contributed by atoms with Gasteiger partial charge in [0.25, 0.3) is 0 Å². The van der Waals surface area contributed by atoms with Gasteiger partial charge in [0, 0.05) is 27.6 Å². The molecule has 50 heavy (non-hydrogen) atoms. The molecule has 0 aliphatic heterocycles. The van der Waals surface area contributed by atoms with Gasteiger partial charge in [-0.2, -0.15) is 0 Å². The largest absolute Gasteiger partial charge is 0.456 e. The van der Waals surface area contributed by atoms with Gasteiger partial charge in [0.05, 0.1) is 5.39 Å². The molecular weight excluding hydrogens is 617 g/mol. The molecule has 0 saturated heterocycles. The number of oxazole rings is 1. The van der Waals surface area contributed by atoms with E-state index in [1.165, 1.54) is 0 Å². The Hall–Kier alpha value is -6.92. The average Bonchev–Trinajstić information content (AvgIpc) is 3.79. The van der Waals surface area contributed by atoms with Crippen LogP contribution in [0.3, 0.4) is 0 Å². The summed E-state index contributed by atoms with van der Waals surface area (Å²) in [6.07, 6.45) is 0. The standard InChI is InChI=1S/C44H26N4O2/c1-4-12-27(13-5-1)33-18-10-11-19-34(33)43-47-41(28-14-6-2-7-15-28)46-42(48-43)31-21-20-30-26-38-35(25-32(30)24-31)39-37(49-38)23-22-36-40(39)50-44(45-36)29-16-8-3-9-17-29/h1-26H. The van der Waals surface area contributed by atoms with Crippen molar-refractivity contribution in [1.82, 2.24) is 19.9 Å². The third-order valence-electron chi connectivity index (χ3n) is 9.15. The van der Waals surface area contributed by atoms with Gasteiger partial charge in [-0.3, -0.25) is 0 Å². The lowest BCUT2D eigenvalue weighted by Gasteiger charge is -2.12. The number of nitrogens with zero attached hydrogens (tertiary/aromatic N) is 4. The van der Waals surface area contributed by atoms with E-state index in [0.29, 0.717) is 28.9 Å². The summed E-state index contributed by atoms with van der Waals surface area (Å²) in [5.74, 6) is 2.42. The van der Waals surface area contributed by atoms with Crippen molar-refractivity contribution in [2.45, 2.75) is 0 Å². The average molecular weight is 643 g/mol. The lowest BCUT2D eigenvalue weighted by molar-refractivity contribution is 0.622.